The van der Waals surface area contributed by atoms with Crippen LogP contribution < -0.4 is 14.8 Å². The minimum Gasteiger partial charge on any atom is -0.490 e. The molecule has 6 nitrogen and oxygen atoms in total. The standard InChI is InChI=1S/C25H32Cl2N2O4/c1-5-28-25(31)17(4)29(16-19-20(26)9-8-10-21(19)27)24(30)14-12-18-11-13-22(32-6-2)23(15-18)33-7-3/h8-11,13,15,17H,5-7,12,14,16H2,1-4H3,(H,28,31)/t17-/m0/s1. The van der Waals surface area contributed by atoms with Crippen LogP contribution in [-0.4, -0.2) is 42.5 Å². The van der Waals surface area contributed by atoms with E-state index in [1.165, 1.54) is 4.90 Å². The molecule has 0 aromatic heterocycles. The number of amides is 2. The van der Waals surface area contributed by atoms with Gasteiger partial charge in [-0.1, -0.05) is 35.3 Å². The van der Waals surface area contributed by atoms with Gasteiger partial charge in [0.25, 0.3) is 0 Å². The van der Waals surface area contributed by atoms with Crippen LogP contribution in [0.15, 0.2) is 36.4 Å². The zero-order valence-electron chi connectivity index (χ0n) is 19.6. The lowest BCUT2D eigenvalue weighted by Gasteiger charge is -2.29. The second-order valence-electron chi connectivity index (χ2n) is 7.44. The number of halogens is 2. The van der Waals surface area contributed by atoms with Crippen LogP contribution in [-0.2, 0) is 22.6 Å². The van der Waals surface area contributed by atoms with Gasteiger partial charge in [0.1, 0.15) is 6.04 Å². The first-order valence-electron chi connectivity index (χ1n) is 11.2. The highest BCUT2D eigenvalue weighted by Gasteiger charge is 2.27. The first kappa shape index (κ1) is 26.8. The lowest BCUT2D eigenvalue weighted by atomic mass is 10.1. The third-order valence-electron chi connectivity index (χ3n) is 5.14. The molecular formula is C25H32Cl2N2O4. The van der Waals surface area contributed by atoms with Crippen LogP contribution in [0, 0.1) is 0 Å². The summed E-state index contributed by atoms with van der Waals surface area (Å²) in [6.45, 7) is 9.04. The van der Waals surface area contributed by atoms with Crippen molar-refractivity contribution in [2.24, 2.45) is 0 Å². The summed E-state index contributed by atoms with van der Waals surface area (Å²) in [5.41, 5.74) is 1.56. The normalized spacial score (nSPS) is 11.6. The van der Waals surface area contributed by atoms with Gasteiger partial charge >= 0.3 is 0 Å². The molecule has 1 N–H and O–H groups in total. The maximum Gasteiger partial charge on any atom is 0.242 e. The Morgan fingerprint density at radius 3 is 2.24 bits per heavy atom. The molecule has 0 bridgehead atoms. The van der Waals surface area contributed by atoms with Crippen molar-refractivity contribution >= 4 is 35.0 Å². The molecule has 1 atom stereocenters. The van der Waals surface area contributed by atoms with Crippen molar-refractivity contribution in [1.82, 2.24) is 10.2 Å². The lowest BCUT2D eigenvalue weighted by Crippen LogP contribution is -2.47. The molecule has 0 fully saturated rings. The number of carbonyl (C=O) groups is 2. The molecule has 2 rings (SSSR count). The summed E-state index contributed by atoms with van der Waals surface area (Å²) < 4.78 is 11.3. The fraction of sp³-hybridized carbons (Fsp3) is 0.440. The van der Waals surface area contributed by atoms with Gasteiger partial charge in [0.15, 0.2) is 11.5 Å². The Labute approximate surface area is 206 Å². The molecule has 0 saturated carbocycles. The smallest absolute Gasteiger partial charge is 0.242 e. The van der Waals surface area contributed by atoms with Gasteiger partial charge in [-0.3, -0.25) is 9.59 Å². The topological polar surface area (TPSA) is 67.9 Å². The summed E-state index contributed by atoms with van der Waals surface area (Å²) >= 11 is 12.7. The fourth-order valence-corrected chi connectivity index (χ4v) is 3.92. The largest absolute Gasteiger partial charge is 0.490 e. The molecule has 2 amide bonds. The van der Waals surface area contributed by atoms with Gasteiger partial charge in [0.05, 0.1) is 13.2 Å². The first-order chi connectivity index (χ1) is 15.8. The average molecular weight is 495 g/mol. The molecule has 33 heavy (non-hydrogen) atoms. The molecule has 0 saturated heterocycles. The van der Waals surface area contributed by atoms with Crippen LogP contribution >= 0.6 is 23.2 Å². The van der Waals surface area contributed by atoms with Crippen molar-refractivity contribution in [3.05, 3.63) is 57.6 Å². The number of rotatable bonds is 12. The first-order valence-corrected chi connectivity index (χ1v) is 12.0. The van der Waals surface area contributed by atoms with Crippen molar-refractivity contribution in [2.45, 2.75) is 53.1 Å². The molecule has 0 aliphatic rings. The Bertz CT molecular complexity index is 932. The average Bonchev–Trinajstić information content (AvgIpc) is 2.79. The maximum atomic E-state index is 13.3. The van der Waals surface area contributed by atoms with E-state index in [-0.39, 0.29) is 24.8 Å². The maximum absolute atomic E-state index is 13.3. The van der Waals surface area contributed by atoms with Crippen LogP contribution in [0.4, 0.5) is 0 Å². The SMILES string of the molecule is CCNC(=O)[C@H](C)N(Cc1c(Cl)cccc1Cl)C(=O)CCc1ccc(OCC)c(OCC)c1. The van der Waals surface area contributed by atoms with Crippen molar-refractivity contribution in [1.29, 1.82) is 0 Å². The minimum absolute atomic E-state index is 0.142. The summed E-state index contributed by atoms with van der Waals surface area (Å²) in [6, 6.07) is 10.2. The second kappa shape index (κ2) is 13.3. The van der Waals surface area contributed by atoms with E-state index >= 15 is 0 Å². The van der Waals surface area contributed by atoms with Gasteiger partial charge in [-0.25, -0.2) is 0 Å². The molecule has 0 spiro atoms. The van der Waals surface area contributed by atoms with Crippen molar-refractivity contribution in [2.75, 3.05) is 19.8 Å². The van der Waals surface area contributed by atoms with Gasteiger partial charge < -0.3 is 19.7 Å². The summed E-state index contributed by atoms with van der Waals surface area (Å²) in [6.07, 6.45) is 0.700. The van der Waals surface area contributed by atoms with Crippen molar-refractivity contribution in [3.8, 4) is 11.5 Å². The Morgan fingerprint density at radius 1 is 1.00 bits per heavy atom. The van der Waals surface area contributed by atoms with Crippen molar-refractivity contribution < 1.29 is 19.1 Å². The van der Waals surface area contributed by atoms with Crippen LogP contribution in [0.3, 0.4) is 0 Å². The summed E-state index contributed by atoms with van der Waals surface area (Å²) in [4.78, 5) is 27.3. The quantitative estimate of drug-likeness (QED) is 0.435. The van der Waals surface area contributed by atoms with Crippen LogP contribution in [0.25, 0.3) is 0 Å². The van der Waals surface area contributed by atoms with Crippen molar-refractivity contribution in [3.63, 3.8) is 0 Å². The van der Waals surface area contributed by atoms with Gasteiger partial charge in [0.2, 0.25) is 11.8 Å². The molecule has 2 aromatic rings. The Balaban J connectivity index is 2.22. The monoisotopic (exact) mass is 494 g/mol. The predicted octanol–water partition coefficient (Wildman–Crippen LogP) is 5.28. The second-order valence-corrected chi connectivity index (χ2v) is 8.25. The van der Waals surface area contributed by atoms with E-state index in [1.807, 2.05) is 39.0 Å². The number of hydrogen-bond acceptors (Lipinski definition) is 4. The van der Waals surface area contributed by atoms with Gasteiger partial charge in [0, 0.05) is 35.1 Å². The predicted molar refractivity (Wildman–Crippen MR) is 132 cm³/mol. The highest BCUT2D eigenvalue weighted by Crippen LogP contribution is 2.30. The zero-order valence-corrected chi connectivity index (χ0v) is 21.1. The Morgan fingerprint density at radius 2 is 1.64 bits per heavy atom. The highest BCUT2D eigenvalue weighted by atomic mass is 35.5. The van der Waals surface area contributed by atoms with E-state index in [0.717, 1.165) is 5.56 Å². The zero-order chi connectivity index (χ0) is 24.4. The van der Waals surface area contributed by atoms with Crippen LogP contribution in [0.2, 0.25) is 10.0 Å². The summed E-state index contributed by atoms with van der Waals surface area (Å²) in [5, 5.41) is 3.69. The number of aryl methyl sites for hydroxylation is 1. The Hall–Kier alpha value is -2.44. The van der Waals surface area contributed by atoms with E-state index in [4.69, 9.17) is 32.7 Å². The molecule has 0 radical (unpaired) electrons. The van der Waals surface area contributed by atoms with E-state index in [9.17, 15) is 9.59 Å². The molecule has 8 heteroatoms. The van der Waals surface area contributed by atoms with E-state index in [2.05, 4.69) is 5.32 Å². The van der Waals surface area contributed by atoms with E-state index < -0.39 is 6.04 Å². The molecule has 2 aromatic carbocycles. The number of likely N-dealkylation sites (N-methyl/N-ethyl adjacent to an activating group) is 1. The lowest BCUT2D eigenvalue weighted by molar-refractivity contribution is -0.140. The van der Waals surface area contributed by atoms with Gasteiger partial charge in [-0.05, 0) is 63.9 Å². The number of nitrogens with one attached hydrogen (secondary N) is 1. The summed E-state index contributed by atoms with van der Waals surface area (Å²) in [5.74, 6) is 0.930. The molecule has 0 heterocycles. The molecule has 0 unspecified atom stereocenters. The van der Waals surface area contributed by atoms with Crippen LogP contribution in [0.1, 0.15) is 45.2 Å². The van der Waals surface area contributed by atoms with Gasteiger partial charge in [-0.15, -0.1) is 0 Å². The van der Waals surface area contributed by atoms with Gasteiger partial charge in [-0.2, -0.15) is 0 Å². The number of hydrogen-bond donors (Lipinski definition) is 1. The molecule has 180 valence electrons. The molecule has 0 aliphatic carbocycles. The number of nitrogens with zero attached hydrogens (tertiary/aromatic N) is 1. The molecular weight excluding hydrogens is 463 g/mol. The number of carbonyl (C=O) groups excluding carboxylic acids is 2. The van der Waals surface area contributed by atoms with E-state index in [0.29, 0.717) is 53.3 Å². The number of ether oxygens (including phenoxy) is 2. The van der Waals surface area contributed by atoms with Crippen LogP contribution in [0.5, 0.6) is 11.5 Å². The number of benzene rings is 2. The Kier molecular flexibility index (Phi) is 10.8. The minimum atomic E-state index is -0.677. The third-order valence-corrected chi connectivity index (χ3v) is 5.85. The summed E-state index contributed by atoms with van der Waals surface area (Å²) in [7, 11) is 0. The molecule has 0 aliphatic heterocycles. The third kappa shape index (κ3) is 7.54. The fourth-order valence-electron chi connectivity index (χ4n) is 3.40. The van der Waals surface area contributed by atoms with E-state index in [1.54, 1.807) is 25.1 Å². The highest BCUT2D eigenvalue weighted by molar-refractivity contribution is 6.36.